The van der Waals surface area contributed by atoms with Crippen molar-refractivity contribution in [3.8, 4) is 5.75 Å². The highest BCUT2D eigenvalue weighted by atomic mass is 16.6. The van der Waals surface area contributed by atoms with Crippen molar-refractivity contribution in [2.45, 2.75) is 13.0 Å². The fourth-order valence-corrected chi connectivity index (χ4v) is 3.16. The first-order chi connectivity index (χ1) is 12.1. The Balaban J connectivity index is 1.83. The third kappa shape index (κ3) is 3.40. The number of hydrogen-bond acceptors (Lipinski definition) is 6. The van der Waals surface area contributed by atoms with E-state index in [0.717, 1.165) is 18.8 Å². The van der Waals surface area contributed by atoms with Crippen molar-refractivity contribution in [3.05, 3.63) is 18.2 Å². The topological polar surface area (TPSA) is 88.3 Å². The standard InChI is InChI=1S/C17H24N4O4/c1-3-19-6-7-20(16(22)11-19)12-4-5-14(15(8-12)24-2)21-10-13(9-18)25-17(21)23/h4-5,8,13H,3,6-7,9-11,18H2,1-2H3. The Morgan fingerprint density at radius 1 is 1.28 bits per heavy atom. The van der Waals surface area contributed by atoms with Gasteiger partial charge in [-0.25, -0.2) is 4.79 Å². The first-order valence-corrected chi connectivity index (χ1v) is 8.46. The minimum atomic E-state index is -0.436. The van der Waals surface area contributed by atoms with Gasteiger partial charge < -0.3 is 20.1 Å². The van der Waals surface area contributed by atoms with Crippen LogP contribution in [-0.2, 0) is 9.53 Å². The molecule has 0 saturated carbocycles. The number of nitrogens with zero attached hydrogens (tertiary/aromatic N) is 3. The fraction of sp³-hybridized carbons (Fsp3) is 0.529. The molecule has 3 rings (SSSR count). The van der Waals surface area contributed by atoms with Crippen LogP contribution in [0.15, 0.2) is 18.2 Å². The normalized spacial score (nSPS) is 21.6. The summed E-state index contributed by atoms with van der Waals surface area (Å²) in [4.78, 5) is 29.8. The number of piperazine rings is 1. The lowest BCUT2D eigenvalue weighted by atomic mass is 10.2. The molecule has 1 aromatic rings. The molecule has 1 aromatic carbocycles. The van der Waals surface area contributed by atoms with Crippen molar-refractivity contribution in [2.75, 3.05) is 56.2 Å². The van der Waals surface area contributed by atoms with Crippen LogP contribution in [0.3, 0.4) is 0 Å². The van der Waals surface area contributed by atoms with Crippen LogP contribution in [0, 0.1) is 0 Å². The molecular weight excluding hydrogens is 324 g/mol. The third-order valence-electron chi connectivity index (χ3n) is 4.65. The molecule has 1 unspecified atom stereocenters. The van der Waals surface area contributed by atoms with Crippen LogP contribution in [0.1, 0.15) is 6.92 Å². The number of carbonyl (C=O) groups is 2. The molecule has 8 heteroatoms. The minimum Gasteiger partial charge on any atom is -0.494 e. The minimum absolute atomic E-state index is 0.0617. The molecule has 2 aliphatic heterocycles. The van der Waals surface area contributed by atoms with Gasteiger partial charge in [0, 0.05) is 31.4 Å². The second-order valence-electron chi connectivity index (χ2n) is 6.12. The smallest absolute Gasteiger partial charge is 0.414 e. The molecule has 2 aliphatic rings. The van der Waals surface area contributed by atoms with Crippen molar-refractivity contribution in [2.24, 2.45) is 5.73 Å². The van der Waals surface area contributed by atoms with E-state index in [1.165, 1.54) is 4.90 Å². The molecule has 1 atom stereocenters. The fourth-order valence-electron chi connectivity index (χ4n) is 3.16. The van der Waals surface area contributed by atoms with Crippen molar-refractivity contribution >= 4 is 23.4 Å². The first kappa shape index (κ1) is 17.5. The summed E-state index contributed by atoms with van der Waals surface area (Å²) in [6, 6.07) is 5.41. The summed E-state index contributed by atoms with van der Waals surface area (Å²) in [7, 11) is 1.54. The number of cyclic esters (lactones) is 1. The molecule has 25 heavy (non-hydrogen) atoms. The number of ether oxygens (including phenoxy) is 2. The Labute approximate surface area is 147 Å². The number of anilines is 2. The highest BCUT2D eigenvalue weighted by molar-refractivity contribution is 5.97. The zero-order valence-corrected chi connectivity index (χ0v) is 14.6. The molecule has 2 fully saturated rings. The molecule has 136 valence electrons. The lowest BCUT2D eigenvalue weighted by molar-refractivity contribution is -0.121. The van der Waals surface area contributed by atoms with Gasteiger partial charge >= 0.3 is 6.09 Å². The maximum Gasteiger partial charge on any atom is 0.414 e. The molecule has 2 amide bonds. The largest absolute Gasteiger partial charge is 0.494 e. The van der Waals surface area contributed by atoms with Gasteiger partial charge in [0.25, 0.3) is 0 Å². The van der Waals surface area contributed by atoms with Crippen molar-refractivity contribution in [3.63, 3.8) is 0 Å². The van der Waals surface area contributed by atoms with E-state index in [-0.39, 0.29) is 18.6 Å². The summed E-state index contributed by atoms with van der Waals surface area (Å²) in [6.45, 7) is 5.46. The van der Waals surface area contributed by atoms with E-state index in [4.69, 9.17) is 15.2 Å². The molecule has 0 aliphatic carbocycles. The van der Waals surface area contributed by atoms with E-state index < -0.39 is 6.09 Å². The van der Waals surface area contributed by atoms with E-state index in [1.54, 1.807) is 24.1 Å². The van der Waals surface area contributed by atoms with Crippen LogP contribution >= 0.6 is 0 Å². The average molecular weight is 348 g/mol. The molecule has 2 saturated heterocycles. The van der Waals surface area contributed by atoms with Crippen molar-refractivity contribution in [1.29, 1.82) is 0 Å². The molecule has 8 nitrogen and oxygen atoms in total. The van der Waals surface area contributed by atoms with Crippen LogP contribution in [0.4, 0.5) is 16.2 Å². The van der Waals surface area contributed by atoms with E-state index in [2.05, 4.69) is 4.90 Å². The van der Waals surface area contributed by atoms with Crippen LogP contribution < -0.4 is 20.3 Å². The Bertz CT molecular complexity index is 666. The summed E-state index contributed by atoms with van der Waals surface area (Å²) in [5.41, 5.74) is 6.97. The second kappa shape index (κ2) is 7.28. The van der Waals surface area contributed by atoms with Gasteiger partial charge in [-0.15, -0.1) is 0 Å². The Morgan fingerprint density at radius 2 is 2.08 bits per heavy atom. The van der Waals surface area contributed by atoms with Gasteiger partial charge in [0.05, 0.1) is 25.9 Å². The zero-order chi connectivity index (χ0) is 18.0. The van der Waals surface area contributed by atoms with E-state index in [1.807, 2.05) is 13.0 Å². The maximum absolute atomic E-state index is 12.4. The highest BCUT2D eigenvalue weighted by Gasteiger charge is 2.33. The number of methoxy groups -OCH3 is 1. The molecule has 2 N–H and O–H groups in total. The van der Waals surface area contributed by atoms with Crippen molar-refractivity contribution in [1.82, 2.24) is 4.90 Å². The van der Waals surface area contributed by atoms with Crippen molar-refractivity contribution < 1.29 is 19.1 Å². The van der Waals surface area contributed by atoms with Gasteiger partial charge in [0.1, 0.15) is 11.9 Å². The molecular formula is C17H24N4O4. The number of amides is 2. The summed E-state index contributed by atoms with van der Waals surface area (Å²) in [5.74, 6) is 0.588. The quantitative estimate of drug-likeness (QED) is 0.840. The maximum atomic E-state index is 12.4. The predicted octanol–water partition coefficient (Wildman–Crippen LogP) is 0.648. The number of hydrogen-bond donors (Lipinski definition) is 1. The number of benzene rings is 1. The number of likely N-dealkylation sites (N-methyl/N-ethyl adjacent to an activating group) is 1. The molecule has 2 heterocycles. The van der Waals surface area contributed by atoms with Gasteiger partial charge in [0.2, 0.25) is 5.91 Å². The van der Waals surface area contributed by atoms with Gasteiger partial charge in [-0.1, -0.05) is 6.92 Å². The summed E-state index contributed by atoms with van der Waals surface area (Å²) in [5, 5.41) is 0. The van der Waals surface area contributed by atoms with E-state index in [9.17, 15) is 9.59 Å². The lowest BCUT2D eigenvalue weighted by Crippen LogP contribution is -2.50. The second-order valence-corrected chi connectivity index (χ2v) is 6.12. The number of nitrogens with two attached hydrogens (primary N) is 1. The van der Waals surface area contributed by atoms with Gasteiger partial charge in [0.15, 0.2) is 0 Å². The van der Waals surface area contributed by atoms with Crippen LogP contribution in [0.2, 0.25) is 0 Å². The summed E-state index contributed by atoms with van der Waals surface area (Å²) in [6.07, 6.45) is -0.755. The Morgan fingerprint density at radius 3 is 2.68 bits per heavy atom. The highest BCUT2D eigenvalue weighted by Crippen LogP contribution is 2.35. The van der Waals surface area contributed by atoms with Crippen LogP contribution in [0.25, 0.3) is 0 Å². The predicted molar refractivity (Wildman–Crippen MR) is 94.1 cm³/mol. The Kier molecular flexibility index (Phi) is 5.10. The molecule has 0 aromatic heterocycles. The monoisotopic (exact) mass is 348 g/mol. The average Bonchev–Trinajstić information content (AvgIpc) is 3.01. The molecule has 0 spiro atoms. The Hall–Kier alpha value is -2.32. The number of rotatable bonds is 5. The summed E-state index contributed by atoms with van der Waals surface area (Å²) >= 11 is 0. The van der Waals surface area contributed by atoms with Gasteiger partial charge in [-0.3, -0.25) is 14.6 Å². The lowest BCUT2D eigenvalue weighted by Gasteiger charge is -2.34. The van der Waals surface area contributed by atoms with E-state index >= 15 is 0 Å². The van der Waals surface area contributed by atoms with Gasteiger partial charge in [-0.05, 0) is 18.7 Å². The SMILES string of the molecule is CCN1CCN(c2ccc(N3CC(CN)OC3=O)c(OC)c2)C(=O)C1. The number of carbonyl (C=O) groups excluding carboxylic acids is 2. The van der Waals surface area contributed by atoms with Gasteiger partial charge in [-0.2, -0.15) is 0 Å². The summed E-state index contributed by atoms with van der Waals surface area (Å²) < 4.78 is 10.7. The first-order valence-electron chi connectivity index (χ1n) is 8.46. The zero-order valence-electron chi connectivity index (χ0n) is 14.6. The van der Waals surface area contributed by atoms with E-state index in [0.29, 0.717) is 31.1 Å². The molecule has 0 bridgehead atoms. The van der Waals surface area contributed by atoms with Crippen LogP contribution in [0.5, 0.6) is 5.75 Å². The molecule has 0 radical (unpaired) electrons. The third-order valence-corrected chi connectivity index (χ3v) is 4.65. The van der Waals surface area contributed by atoms with Crippen LogP contribution in [-0.4, -0.2) is 69.4 Å².